The zero-order valence-corrected chi connectivity index (χ0v) is 15.3. The van der Waals surface area contributed by atoms with Crippen molar-refractivity contribution in [2.75, 3.05) is 13.7 Å². The van der Waals surface area contributed by atoms with Crippen LogP contribution in [0.4, 0.5) is 4.39 Å². The van der Waals surface area contributed by atoms with Gasteiger partial charge in [-0.2, -0.15) is 0 Å². The van der Waals surface area contributed by atoms with Gasteiger partial charge >= 0.3 is 0 Å². The summed E-state index contributed by atoms with van der Waals surface area (Å²) in [5.41, 5.74) is 0.924. The van der Waals surface area contributed by atoms with Crippen molar-refractivity contribution in [3.05, 3.63) is 58.3 Å². The molecule has 130 valence electrons. The van der Waals surface area contributed by atoms with E-state index in [1.54, 1.807) is 23.3 Å². The molecule has 0 saturated heterocycles. The van der Waals surface area contributed by atoms with Crippen LogP contribution >= 0.6 is 22.9 Å². The van der Waals surface area contributed by atoms with Crippen LogP contribution in [0.1, 0.15) is 18.0 Å². The Labute approximate surface area is 153 Å². The molecular formula is C18H16ClFN2O2S. The number of amides is 1. The van der Waals surface area contributed by atoms with Gasteiger partial charge in [0, 0.05) is 13.1 Å². The molecule has 1 heterocycles. The van der Waals surface area contributed by atoms with Crippen LogP contribution in [0.15, 0.2) is 42.5 Å². The normalized spacial score (nSPS) is 12.2. The predicted molar refractivity (Wildman–Crippen MR) is 97.7 cm³/mol. The number of hydrogen-bond donors (Lipinski definition) is 0. The molecule has 0 aliphatic rings. The SMILES string of the molecule is C[C@H](c1nc2ccccc2s1)N(C)C(=O)COc1ccc(F)c(Cl)c1. The summed E-state index contributed by atoms with van der Waals surface area (Å²) in [4.78, 5) is 18.5. The van der Waals surface area contributed by atoms with Crippen molar-refractivity contribution in [2.24, 2.45) is 0 Å². The summed E-state index contributed by atoms with van der Waals surface area (Å²) < 4.78 is 19.6. The van der Waals surface area contributed by atoms with Crippen LogP contribution in [-0.4, -0.2) is 29.4 Å². The van der Waals surface area contributed by atoms with E-state index in [0.29, 0.717) is 5.75 Å². The van der Waals surface area contributed by atoms with Gasteiger partial charge in [0.05, 0.1) is 21.3 Å². The molecule has 7 heteroatoms. The quantitative estimate of drug-likeness (QED) is 0.647. The van der Waals surface area contributed by atoms with Gasteiger partial charge in [0.15, 0.2) is 6.61 Å². The monoisotopic (exact) mass is 378 g/mol. The second kappa shape index (κ2) is 7.37. The third-order valence-corrected chi connectivity index (χ3v) is 5.39. The topological polar surface area (TPSA) is 42.4 Å². The average molecular weight is 379 g/mol. The van der Waals surface area contributed by atoms with Crippen molar-refractivity contribution in [1.82, 2.24) is 9.88 Å². The Morgan fingerprint density at radius 1 is 1.36 bits per heavy atom. The van der Waals surface area contributed by atoms with Crippen LogP contribution in [0.5, 0.6) is 5.75 Å². The number of likely N-dealkylation sites (N-methyl/N-ethyl adjacent to an activating group) is 1. The van der Waals surface area contributed by atoms with Crippen LogP contribution in [0, 0.1) is 5.82 Å². The highest BCUT2D eigenvalue weighted by atomic mass is 35.5. The smallest absolute Gasteiger partial charge is 0.260 e. The molecular weight excluding hydrogens is 363 g/mol. The van der Waals surface area contributed by atoms with E-state index in [9.17, 15) is 9.18 Å². The number of aromatic nitrogens is 1. The van der Waals surface area contributed by atoms with Crippen LogP contribution in [-0.2, 0) is 4.79 Å². The fourth-order valence-electron chi connectivity index (χ4n) is 2.26. The van der Waals surface area contributed by atoms with Crippen LogP contribution in [0.2, 0.25) is 5.02 Å². The number of rotatable bonds is 5. The lowest BCUT2D eigenvalue weighted by atomic mass is 10.3. The molecule has 0 fully saturated rings. The zero-order chi connectivity index (χ0) is 18.0. The Balaban J connectivity index is 1.65. The first kappa shape index (κ1) is 17.6. The van der Waals surface area contributed by atoms with Gasteiger partial charge in [0.25, 0.3) is 5.91 Å². The number of fused-ring (bicyclic) bond motifs is 1. The maximum Gasteiger partial charge on any atom is 0.260 e. The van der Waals surface area contributed by atoms with Gasteiger partial charge in [0.1, 0.15) is 16.6 Å². The molecule has 1 amide bonds. The maximum absolute atomic E-state index is 13.1. The van der Waals surface area contributed by atoms with E-state index in [2.05, 4.69) is 4.98 Å². The molecule has 3 rings (SSSR count). The molecule has 4 nitrogen and oxygen atoms in total. The number of benzene rings is 2. The van der Waals surface area contributed by atoms with Gasteiger partial charge in [0.2, 0.25) is 0 Å². The number of nitrogens with zero attached hydrogens (tertiary/aromatic N) is 2. The van der Waals surface area contributed by atoms with Gasteiger partial charge in [-0.05, 0) is 31.2 Å². The van der Waals surface area contributed by atoms with Crippen molar-refractivity contribution in [1.29, 1.82) is 0 Å². The fraction of sp³-hybridized carbons (Fsp3) is 0.222. The predicted octanol–water partition coefficient (Wildman–Crippen LogP) is 4.69. The van der Waals surface area contributed by atoms with Gasteiger partial charge in [-0.1, -0.05) is 23.7 Å². The Bertz CT molecular complexity index is 882. The second-order valence-electron chi connectivity index (χ2n) is 5.57. The minimum atomic E-state index is -0.526. The summed E-state index contributed by atoms with van der Waals surface area (Å²) >= 11 is 7.27. The summed E-state index contributed by atoms with van der Waals surface area (Å²) in [7, 11) is 1.71. The molecule has 0 unspecified atom stereocenters. The lowest BCUT2D eigenvalue weighted by Gasteiger charge is -2.23. The highest BCUT2D eigenvalue weighted by Gasteiger charge is 2.21. The number of carbonyl (C=O) groups is 1. The molecule has 25 heavy (non-hydrogen) atoms. The van der Waals surface area contributed by atoms with Crippen molar-refractivity contribution in [3.63, 3.8) is 0 Å². The van der Waals surface area contributed by atoms with E-state index in [4.69, 9.17) is 16.3 Å². The average Bonchev–Trinajstić information content (AvgIpc) is 3.05. The summed E-state index contributed by atoms with van der Waals surface area (Å²) in [6.45, 7) is 1.76. The van der Waals surface area contributed by atoms with Gasteiger partial charge in [-0.25, -0.2) is 9.37 Å². The van der Waals surface area contributed by atoms with E-state index < -0.39 is 5.82 Å². The molecule has 0 saturated carbocycles. The molecule has 1 aromatic heterocycles. The van der Waals surface area contributed by atoms with Crippen LogP contribution in [0.25, 0.3) is 10.2 Å². The summed E-state index contributed by atoms with van der Waals surface area (Å²) in [6.07, 6.45) is 0. The van der Waals surface area contributed by atoms with E-state index in [-0.39, 0.29) is 23.6 Å². The molecule has 0 aliphatic carbocycles. The number of carbonyl (C=O) groups excluding carboxylic acids is 1. The number of thiazole rings is 1. The van der Waals surface area contributed by atoms with E-state index >= 15 is 0 Å². The first-order valence-electron chi connectivity index (χ1n) is 7.64. The third kappa shape index (κ3) is 3.91. The number of halogens is 2. The van der Waals surface area contributed by atoms with Gasteiger partial charge in [-0.15, -0.1) is 11.3 Å². The largest absolute Gasteiger partial charge is 0.484 e. The standard InChI is InChI=1S/C18H16ClFN2O2S/c1-11(18-21-15-5-3-4-6-16(15)25-18)22(2)17(23)10-24-12-7-8-14(20)13(19)9-12/h3-9,11H,10H2,1-2H3/t11-/m1/s1. The van der Waals surface area contributed by atoms with Crippen LogP contribution in [0.3, 0.4) is 0 Å². The van der Waals surface area contributed by atoms with E-state index in [1.807, 2.05) is 31.2 Å². The summed E-state index contributed by atoms with van der Waals surface area (Å²) in [6, 6.07) is 11.7. The first-order valence-corrected chi connectivity index (χ1v) is 8.84. The Morgan fingerprint density at radius 3 is 2.84 bits per heavy atom. The van der Waals surface area contributed by atoms with Gasteiger partial charge in [-0.3, -0.25) is 4.79 Å². The lowest BCUT2D eigenvalue weighted by Crippen LogP contribution is -2.33. The molecule has 0 N–H and O–H groups in total. The number of hydrogen-bond acceptors (Lipinski definition) is 4. The molecule has 0 aliphatic heterocycles. The van der Waals surface area contributed by atoms with Crippen LogP contribution < -0.4 is 4.74 Å². The first-order chi connectivity index (χ1) is 12.0. The summed E-state index contributed by atoms with van der Waals surface area (Å²) in [5.74, 6) is -0.380. The Morgan fingerprint density at radius 2 is 2.12 bits per heavy atom. The fourth-order valence-corrected chi connectivity index (χ4v) is 3.50. The number of ether oxygens (including phenoxy) is 1. The number of para-hydroxylation sites is 1. The lowest BCUT2D eigenvalue weighted by molar-refractivity contribution is -0.134. The highest BCUT2D eigenvalue weighted by Crippen LogP contribution is 2.29. The van der Waals surface area contributed by atoms with Crippen molar-refractivity contribution < 1.29 is 13.9 Å². The van der Waals surface area contributed by atoms with Crippen molar-refractivity contribution in [2.45, 2.75) is 13.0 Å². The maximum atomic E-state index is 13.1. The van der Waals surface area contributed by atoms with E-state index in [0.717, 1.165) is 15.2 Å². The summed E-state index contributed by atoms with van der Waals surface area (Å²) in [5, 5.41) is 0.822. The zero-order valence-electron chi connectivity index (χ0n) is 13.7. The molecule has 3 aromatic rings. The highest BCUT2D eigenvalue weighted by molar-refractivity contribution is 7.18. The second-order valence-corrected chi connectivity index (χ2v) is 7.03. The van der Waals surface area contributed by atoms with Crippen molar-refractivity contribution in [3.8, 4) is 5.75 Å². The molecule has 0 spiro atoms. The molecule has 0 bridgehead atoms. The molecule has 0 radical (unpaired) electrons. The minimum Gasteiger partial charge on any atom is -0.484 e. The third-order valence-electron chi connectivity index (χ3n) is 3.90. The molecule has 1 atom stereocenters. The Hall–Kier alpha value is -2.18. The van der Waals surface area contributed by atoms with Gasteiger partial charge < -0.3 is 9.64 Å². The molecule has 2 aromatic carbocycles. The Kier molecular flexibility index (Phi) is 5.20. The van der Waals surface area contributed by atoms with Crippen molar-refractivity contribution >= 4 is 39.1 Å². The van der Waals surface area contributed by atoms with E-state index in [1.165, 1.54) is 18.2 Å². The minimum absolute atomic E-state index is 0.0406.